The van der Waals surface area contributed by atoms with Crippen LogP contribution < -0.4 is 143 Å². The van der Waals surface area contributed by atoms with Crippen LogP contribution in [0.1, 0.15) is 73.3 Å². The fraction of sp³-hybridized carbons (Fsp3) is 0.514. The van der Waals surface area contributed by atoms with Crippen LogP contribution in [0, 0.1) is 11.8 Å². The third-order valence-corrected chi connectivity index (χ3v) is 8.47. The minimum atomic E-state index is -2.08. The number of carbonyl (C=O) groups is 3. The number of para-hydroxylation sites is 2. The molecule has 0 radical (unpaired) electrons. The monoisotopic (exact) mass is 1010 g/mol. The zero-order chi connectivity index (χ0) is 35.4. The van der Waals surface area contributed by atoms with Gasteiger partial charge in [0.25, 0.3) is 0 Å². The number of alkyl halides is 1. The number of benzene rings is 2. The van der Waals surface area contributed by atoms with Crippen molar-refractivity contribution in [2.24, 2.45) is 11.8 Å². The van der Waals surface area contributed by atoms with Gasteiger partial charge in [-0.3, -0.25) is 9.78 Å². The molecule has 0 aliphatic carbocycles. The Balaban J connectivity index is 0.000000385. The zero-order valence-corrected chi connectivity index (χ0v) is 44.3. The van der Waals surface area contributed by atoms with E-state index in [1.807, 2.05) is 60.1 Å². The van der Waals surface area contributed by atoms with Crippen molar-refractivity contribution in [3.63, 3.8) is 0 Å². The van der Waals surface area contributed by atoms with Gasteiger partial charge in [0.05, 0.1) is 24.2 Å². The van der Waals surface area contributed by atoms with E-state index in [1.54, 1.807) is 6.92 Å². The number of carbonyl (C=O) groups excluding carboxylic acids is 2. The maximum atomic E-state index is 12.1. The maximum Gasteiger partial charge on any atom is 1.00 e. The van der Waals surface area contributed by atoms with Crippen LogP contribution >= 0.6 is 15.9 Å². The van der Waals surface area contributed by atoms with Gasteiger partial charge in [-0.05, 0) is 76.3 Å². The fourth-order valence-electron chi connectivity index (χ4n) is 5.50. The molecule has 2 aromatic carbocycles. The number of hydrogen-bond acceptors (Lipinski definition) is 10. The van der Waals surface area contributed by atoms with Crippen molar-refractivity contribution < 1.29 is 181 Å². The molecule has 2 saturated heterocycles. The molecule has 2 aromatic heterocycles. The van der Waals surface area contributed by atoms with Gasteiger partial charge in [-0.25, -0.2) is 9.59 Å². The van der Waals surface area contributed by atoms with Gasteiger partial charge in [0, 0.05) is 49.1 Å². The minimum Gasteiger partial charge on any atom is -0.565 e. The van der Waals surface area contributed by atoms with Crippen LogP contribution in [-0.4, -0.2) is 88.1 Å². The molecule has 51 heavy (non-hydrogen) atoms. The first-order valence-electron chi connectivity index (χ1n) is 16.6. The molecule has 0 amide bonds. The maximum absolute atomic E-state index is 12.1. The fourth-order valence-corrected chi connectivity index (χ4v) is 6.14. The van der Waals surface area contributed by atoms with Crippen LogP contribution in [0.15, 0.2) is 48.5 Å². The molecule has 6 rings (SSSR count). The van der Waals surface area contributed by atoms with Gasteiger partial charge in [0.1, 0.15) is 0 Å². The molecular formula is C35H46BrCs2N4O9+. The first-order valence-corrected chi connectivity index (χ1v) is 17.7. The predicted octanol–water partition coefficient (Wildman–Crippen LogP) is -0.137. The molecule has 0 saturated carbocycles. The Kier molecular flexibility index (Phi) is 27.4. The number of esters is 2. The predicted molar refractivity (Wildman–Crippen MR) is 186 cm³/mol. The first kappa shape index (κ1) is 49.1. The summed E-state index contributed by atoms with van der Waals surface area (Å²) in [4.78, 5) is 31.9. The minimum absolute atomic E-state index is 0. The number of nitrogens with one attached hydrogen (secondary N) is 1. The van der Waals surface area contributed by atoms with E-state index in [2.05, 4.69) is 31.2 Å². The number of aromatic nitrogens is 4. The van der Waals surface area contributed by atoms with Crippen molar-refractivity contribution in [2.45, 2.75) is 58.9 Å². The average molecular weight is 1010 g/mol. The number of aromatic amines is 1. The summed E-state index contributed by atoms with van der Waals surface area (Å²) in [6.07, 6.45) is 5.08. The molecular weight excluding hydrogens is 966 g/mol. The Morgan fingerprint density at radius 2 is 1.33 bits per heavy atom. The van der Waals surface area contributed by atoms with Gasteiger partial charge in [-0.2, -0.15) is 10.2 Å². The van der Waals surface area contributed by atoms with Crippen molar-refractivity contribution in [2.75, 3.05) is 45.0 Å². The second kappa shape index (κ2) is 28.5. The van der Waals surface area contributed by atoms with Gasteiger partial charge in [-0.15, -0.1) is 0 Å². The van der Waals surface area contributed by atoms with Crippen molar-refractivity contribution in [1.82, 2.24) is 20.0 Å². The SMILES string of the molecule is BrCCC1CCOCC1.CCOC(=O)c1n[nH]c2ccccc12.CCOC(=O)c1nn(CCC2CCOCC2)c2ccccc12.O=C([O-])O.[Cs+].[Cs+]. The van der Waals surface area contributed by atoms with E-state index in [-0.39, 0.29) is 150 Å². The summed E-state index contributed by atoms with van der Waals surface area (Å²) in [5, 5.41) is 29.3. The number of aryl methyl sites for hydroxylation is 1. The Morgan fingerprint density at radius 1 is 0.843 bits per heavy atom. The number of halogens is 1. The summed E-state index contributed by atoms with van der Waals surface area (Å²) in [7, 11) is 0. The molecule has 0 atom stereocenters. The standard InChI is InChI=1S/C17H22N2O3.C10H10N2O2.C7H13BrO.CH2O3.2Cs/c1-2-22-17(20)16-14-5-3-4-6-15(14)19(18-16)10-7-13-8-11-21-12-9-13;1-2-14-10(13)9-7-5-3-4-6-8(7)11-12-9;8-4-1-7-2-5-9-6-3-7;2-1(3)4;;/h3-6,13H,2,7-12H2,1H3;3-6H,2H2,1H3,(H,11,12);7H,1-6H2;(H2,2,3,4);;/q;;;;2*+1/p-1. The molecule has 2 fully saturated rings. The molecule has 4 aromatic rings. The van der Waals surface area contributed by atoms with Crippen molar-refractivity contribution in [3.8, 4) is 0 Å². The summed E-state index contributed by atoms with van der Waals surface area (Å²) < 4.78 is 22.6. The van der Waals surface area contributed by atoms with Gasteiger partial charge in [-0.1, -0.05) is 52.3 Å². The van der Waals surface area contributed by atoms with E-state index in [0.29, 0.717) is 30.5 Å². The van der Waals surface area contributed by atoms with E-state index in [0.717, 1.165) is 85.3 Å². The quantitative estimate of drug-likeness (QED) is 0.169. The molecule has 268 valence electrons. The molecule has 13 nitrogen and oxygen atoms in total. The van der Waals surface area contributed by atoms with Crippen LogP contribution in [0.25, 0.3) is 21.8 Å². The third kappa shape index (κ3) is 17.6. The van der Waals surface area contributed by atoms with Crippen LogP contribution in [0.4, 0.5) is 4.79 Å². The number of nitrogens with zero attached hydrogens (tertiary/aromatic N) is 3. The molecule has 2 N–H and O–H groups in total. The van der Waals surface area contributed by atoms with Gasteiger partial charge in [0.2, 0.25) is 6.16 Å². The van der Waals surface area contributed by atoms with Gasteiger partial charge >= 0.3 is 150 Å². The molecule has 16 heteroatoms. The van der Waals surface area contributed by atoms with Gasteiger partial charge < -0.3 is 34.0 Å². The average Bonchev–Trinajstić information content (AvgIpc) is 3.71. The van der Waals surface area contributed by atoms with Crippen molar-refractivity contribution in [1.29, 1.82) is 0 Å². The smallest absolute Gasteiger partial charge is 0.565 e. The van der Waals surface area contributed by atoms with Crippen LogP contribution in [0.2, 0.25) is 0 Å². The van der Waals surface area contributed by atoms with E-state index in [4.69, 9.17) is 34.0 Å². The number of carboxylic acid groups (broad SMARTS) is 2. The van der Waals surface area contributed by atoms with Crippen LogP contribution in [0.3, 0.4) is 0 Å². The van der Waals surface area contributed by atoms with E-state index >= 15 is 0 Å². The van der Waals surface area contributed by atoms with E-state index < -0.39 is 6.16 Å². The molecule has 4 heterocycles. The Hall–Kier alpha value is 0.0939. The summed E-state index contributed by atoms with van der Waals surface area (Å²) >= 11 is 3.44. The Bertz CT molecular complexity index is 1590. The molecule has 0 unspecified atom stereocenters. The summed E-state index contributed by atoms with van der Waals surface area (Å²) in [6, 6.07) is 15.3. The second-order valence-corrected chi connectivity index (χ2v) is 12.1. The second-order valence-electron chi connectivity index (χ2n) is 11.3. The molecule has 2 aliphatic rings. The Labute approximate surface area is 425 Å². The van der Waals surface area contributed by atoms with E-state index in [9.17, 15) is 9.59 Å². The van der Waals surface area contributed by atoms with Crippen molar-refractivity contribution in [3.05, 3.63) is 59.9 Å². The summed E-state index contributed by atoms with van der Waals surface area (Å²) in [5.74, 6) is 0.884. The topological polar surface area (TPSA) is 178 Å². The first-order chi connectivity index (χ1) is 23.8. The number of H-pyrrole nitrogens is 1. The third-order valence-electron chi connectivity index (χ3n) is 8.01. The van der Waals surface area contributed by atoms with Gasteiger partial charge in [0.15, 0.2) is 11.4 Å². The summed E-state index contributed by atoms with van der Waals surface area (Å²) in [5.41, 5.74) is 2.61. The van der Waals surface area contributed by atoms with Crippen molar-refractivity contribution >= 4 is 55.8 Å². The summed E-state index contributed by atoms with van der Waals surface area (Å²) in [6.45, 7) is 8.81. The zero-order valence-electron chi connectivity index (χ0n) is 30.1. The number of hydrogen-bond donors (Lipinski definition) is 2. The molecule has 2 aliphatic heterocycles. The number of fused-ring (bicyclic) bond motifs is 2. The van der Waals surface area contributed by atoms with E-state index in [1.165, 1.54) is 19.3 Å². The van der Waals surface area contributed by atoms with Crippen LogP contribution in [-0.2, 0) is 25.5 Å². The normalized spacial score (nSPS) is 14.2. The van der Waals surface area contributed by atoms with Crippen LogP contribution in [0.5, 0.6) is 0 Å². The molecule has 0 spiro atoms. The number of rotatable bonds is 9. The largest absolute Gasteiger partial charge is 1.00 e. The number of ether oxygens (including phenoxy) is 4. The molecule has 0 bridgehead atoms. The Morgan fingerprint density at radius 3 is 1.88 bits per heavy atom.